The lowest BCUT2D eigenvalue weighted by molar-refractivity contribution is 0.0938. The first-order chi connectivity index (χ1) is 16.0. The molecule has 4 aromatic rings. The molecule has 33 heavy (non-hydrogen) atoms. The predicted molar refractivity (Wildman–Crippen MR) is 124 cm³/mol. The second-order valence-corrected chi connectivity index (χ2v) is 7.35. The smallest absolute Gasteiger partial charge is 0.332 e. The van der Waals surface area contributed by atoms with Gasteiger partial charge in [-0.1, -0.05) is 18.2 Å². The number of nitrogens with one attached hydrogen (secondary N) is 1. The van der Waals surface area contributed by atoms with Crippen molar-refractivity contribution < 1.29 is 9.84 Å². The molecule has 0 saturated carbocycles. The number of pyridine rings is 1. The van der Waals surface area contributed by atoms with Gasteiger partial charge in [0, 0.05) is 26.5 Å². The van der Waals surface area contributed by atoms with Gasteiger partial charge in [0.25, 0.3) is 5.56 Å². The van der Waals surface area contributed by atoms with E-state index in [1.165, 1.54) is 23.2 Å². The zero-order valence-corrected chi connectivity index (χ0v) is 18.1. The summed E-state index contributed by atoms with van der Waals surface area (Å²) in [5.41, 5.74) is 2.93. The SMILES string of the molecule is Cn1c(=O)c2c(nc(NN=Cc3ccncc3)n2CC(O)COc2ccccc2)n(C)c1=O. The molecule has 3 heterocycles. The number of aliphatic hydroxyl groups excluding tert-OH is 1. The van der Waals surface area contributed by atoms with E-state index in [-0.39, 0.29) is 30.3 Å². The molecule has 0 fully saturated rings. The Morgan fingerprint density at radius 1 is 1.12 bits per heavy atom. The topological polar surface area (TPSA) is 129 Å². The molecule has 2 N–H and O–H groups in total. The van der Waals surface area contributed by atoms with Crippen molar-refractivity contribution in [1.29, 1.82) is 0 Å². The molecule has 0 radical (unpaired) electrons. The quantitative estimate of drug-likeness (QED) is 0.299. The largest absolute Gasteiger partial charge is 0.491 e. The summed E-state index contributed by atoms with van der Waals surface area (Å²) < 4.78 is 9.40. The standard InChI is InChI=1S/C22H23N7O4/c1-27-19-18(20(31)28(2)22(27)32)29(13-16(30)14-33-17-6-4-3-5-7-17)21(25-19)26-24-12-15-8-10-23-11-9-15/h3-12,16,30H,13-14H2,1-2H3,(H,25,26). The molecule has 11 heteroatoms. The molecule has 0 spiro atoms. The number of anilines is 1. The molecule has 11 nitrogen and oxygen atoms in total. The first kappa shape index (κ1) is 22.0. The van der Waals surface area contributed by atoms with Crippen LogP contribution in [0.3, 0.4) is 0 Å². The number of hydrogen-bond donors (Lipinski definition) is 2. The molecule has 0 saturated heterocycles. The summed E-state index contributed by atoms with van der Waals surface area (Å²) in [5, 5.41) is 14.8. The summed E-state index contributed by atoms with van der Waals surface area (Å²) in [6.07, 6.45) is 3.88. The number of fused-ring (bicyclic) bond motifs is 1. The molecule has 1 unspecified atom stereocenters. The van der Waals surface area contributed by atoms with Gasteiger partial charge in [-0.25, -0.2) is 10.2 Å². The molecular weight excluding hydrogens is 426 g/mol. The zero-order chi connectivity index (χ0) is 23.4. The van der Waals surface area contributed by atoms with Crippen LogP contribution in [0.1, 0.15) is 5.56 Å². The van der Waals surface area contributed by atoms with Crippen LogP contribution in [0.25, 0.3) is 11.2 Å². The highest BCUT2D eigenvalue weighted by Gasteiger charge is 2.21. The summed E-state index contributed by atoms with van der Waals surface area (Å²) in [6.45, 7) is -0.0145. The lowest BCUT2D eigenvalue weighted by Gasteiger charge is -2.15. The van der Waals surface area contributed by atoms with Crippen LogP contribution in [0.4, 0.5) is 5.95 Å². The zero-order valence-electron chi connectivity index (χ0n) is 18.1. The molecule has 0 aliphatic carbocycles. The van der Waals surface area contributed by atoms with Gasteiger partial charge in [-0.3, -0.25) is 18.9 Å². The van der Waals surface area contributed by atoms with Gasteiger partial charge in [-0.05, 0) is 29.8 Å². The van der Waals surface area contributed by atoms with E-state index in [1.807, 2.05) is 18.2 Å². The van der Waals surface area contributed by atoms with Gasteiger partial charge in [0.15, 0.2) is 11.2 Å². The third kappa shape index (κ3) is 4.67. The van der Waals surface area contributed by atoms with Crippen molar-refractivity contribution >= 4 is 23.3 Å². The fourth-order valence-electron chi connectivity index (χ4n) is 3.30. The van der Waals surface area contributed by atoms with Crippen LogP contribution < -0.4 is 21.4 Å². The van der Waals surface area contributed by atoms with Crippen molar-refractivity contribution in [1.82, 2.24) is 23.7 Å². The van der Waals surface area contributed by atoms with Gasteiger partial charge in [0.05, 0.1) is 12.8 Å². The van der Waals surface area contributed by atoms with E-state index in [1.54, 1.807) is 42.9 Å². The number of nitrogens with zero attached hydrogens (tertiary/aromatic N) is 6. The van der Waals surface area contributed by atoms with Crippen LogP contribution in [0.15, 0.2) is 69.5 Å². The monoisotopic (exact) mass is 449 g/mol. The Labute approximate surface area is 188 Å². The van der Waals surface area contributed by atoms with Crippen LogP contribution in [0, 0.1) is 0 Å². The average molecular weight is 449 g/mol. The van der Waals surface area contributed by atoms with E-state index in [9.17, 15) is 14.7 Å². The number of aliphatic hydroxyl groups is 1. The minimum absolute atomic E-state index is 0.00447. The Bertz CT molecular complexity index is 1390. The summed E-state index contributed by atoms with van der Waals surface area (Å²) >= 11 is 0. The molecule has 0 amide bonds. The third-order valence-electron chi connectivity index (χ3n) is 5.01. The van der Waals surface area contributed by atoms with Crippen LogP contribution in [-0.2, 0) is 20.6 Å². The number of rotatable bonds is 8. The minimum Gasteiger partial charge on any atom is -0.491 e. The Morgan fingerprint density at radius 2 is 1.85 bits per heavy atom. The highest BCUT2D eigenvalue weighted by atomic mass is 16.5. The maximum atomic E-state index is 12.9. The van der Waals surface area contributed by atoms with Gasteiger partial charge in [0.2, 0.25) is 5.95 Å². The maximum Gasteiger partial charge on any atom is 0.332 e. The number of para-hydroxylation sites is 1. The molecule has 1 aromatic carbocycles. The lowest BCUT2D eigenvalue weighted by Crippen LogP contribution is -2.38. The van der Waals surface area contributed by atoms with Gasteiger partial charge < -0.3 is 14.4 Å². The lowest BCUT2D eigenvalue weighted by atomic mass is 10.3. The normalized spacial score (nSPS) is 12.3. The Morgan fingerprint density at radius 3 is 2.58 bits per heavy atom. The molecule has 0 bridgehead atoms. The molecule has 1 atom stereocenters. The number of hydrazone groups is 1. The number of aromatic nitrogens is 5. The summed E-state index contributed by atoms with van der Waals surface area (Å²) in [7, 11) is 2.92. The Hall–Kier alpha value is -4.25. The molecule has 4 rings (SSSR count). The Kier molecular flexibility index (Phi) is 6.31. The van der Waals surface area contributed by atoms with Crippen molar-refractivity contribution in [3.05, 3.63) is 81.3 Å². The van der Waals surface area contributed by atoms with Crippen LogP contribution in [-0.4, -0.2) is 47.7 Å². The number of ether oxygens (including phenoxy) is 1. The first-order valence-electron chi connectivity index (χ1n) is 10.2. The fourth-order valence-corrected chi connectivity index (χ4v) is 3.30. The number of aryl methyl sites for hydroxylation is 1. The number of benzene rings is 1. The van der Waals surface area contributed by atoms with E-state index < -0.39 is 17.4 Å². The van der Waals surface area contributed by atoms with Gasteiger partial charge in [0.1, 0.15) is 18.5 Å². The van der Waals surface area contributed by atoms with Crippen molar-refractivity contribution in [2.75, 3.05) is 12.0 Å². The Balaban J connectivity index is 1.67. The molecule has 0 aliphatic rings. The van der Waals surface area contributed by atoms with E-state index in [4.69, 9.17) is 4.74 Å². The van der Waals surface area contributed by atoms with E-state index in [0.717, 1.165) is 10.1 Å². The summed E-state index contributed by atoms with van der Waals surface area (Å²) in [5.74, 6) is 0.818. The first-order valence-corrected chi connectivity index (χ1v) is 10.2. The summed E-state index contributed by atoms with van der Waals surface area (Å²) in [4.78, 5) is 33.6. The van der Waals surface area contributed by atoms with Gasteiger partial charge >= 0.3 is 5.69 Å². The summed E-state index contributed by atoms with van der Waals surface area (Å²) in [6, 6.07) is 12.6. The van der Waals surface area contributed by atoms with E-state index in [0.29, 0.717) is 5.75 Å². The van der Waals surface area contributed by atoms with Crippen molar-refractivity contribution in [3.8, 4) is 5.75 Å². The highest BCUT2D eigenvalue weighted by molar-refractivity contribution is 5.80. The molecule has 0 aliphatic heterocycles. The van der Waals surface area contributed by atoms with Crippen LogP contribution in [0.5, 0.6) is 5.75 Å². The van der Waals surface area contributed by atoms with Crippen molar-refractivity contribution in [3.63, 3.8) is 0 Å². The van der Waals surface area contributed by atoms with Crippen LogP contribution in [0.2, 0.25) is 0 Å². The van der Waals surface area contributed by atoms with E-state index >= 15 is 0 Å². The molecule has 170 valence electrons. The van der Waals surface area contributed by atoms with Crippen LogP contribution >= 0.6 is 0 Å². The fraction of sp³-hybridized carbons (Fsp3) is 0.227. The second-order valence-electron chi connectivity index (χ2n) is 7.35. The van der Waals surface area contributed by atoms with E-state index in [2.05, 4.69) is 20.5 Å². The predicted octanol–water partition coefficient (Wildman–Crippen LogP) is 0.715. The third-order valence-corrected chi connectivity index (χ3v) is 5.01. The van der Waals surface area contributed by atoms with Gasteiger partial charge in [-0.15, -0.1) is 0 Å². The highest BCUT2D eigenvalue weighted by Crippen LogP contribution is 2.17. The minimum atomic E-state index is -0.964. The van der Waals surface area contributed by atoms with Crippen molar-refractivity contribution in [2.24, 2.45) is 19.2 Å². The number of hydrogen-bond acceptors (Lipinski definition) is 8. The maximum absolute atomic E-state index is 12.9. The van der Waals surface area contributed by atoms with Crippen molar-refractivity contribution in [2.45, 2.75) is 12.6 Å². The molecule has 3 aromatic heterocycles. The second kappa shape index (κ2) is 9.49. The van der Waals surface area contributed by atoms with Gasteiger partial charge in [-0.2, -0.15) is 10.1 Å². The molecular formula is C22H23N7O4. The average Bonchev–Trinajstić information content (AvgIpc) is 3.19. The number of imidazole rings is 1.